The van der Waals surface area contributed by atoms with E-state index in [1.54, 1.807) is 57.3 Å². The Hall–Kier alpha value is -2.71. The minimum Gasteiger partial charge on any atom is -0.456 e. The van der Waals surface area contributed by atoms with Gasteiger partial charge in [-0.05, 0) is 44.0 Å². The van der Waals surface area contributed by atoms with Crippen molar-refractivity contribution in [1.29, 1.82) is 0 Å². The molecule has 0 saturated heterocycles. The van der Waals surface area contributed by atoms with E-state index in [9.17, 15) is 18.0 Å². The van der Waals surface area contributed by atoms with Crippen molar-refractivity contribution in [1.82, 2.24) is 4.72 Å². The summed E-state index contributed by atoms with van der Waals surface area (Å²) >= 11 is 0. The van der Waals surface area contributed by atoms with Crippen molar-refractivity contribution in [3.63, 3.8) is 0 Å². The van der Waals surface area contributed by atoms with E-state index in [1.807, 2.05) is 13.0 Å². The molecule has 1 amide bonds. The van der Waals surface area contributed by atoms with Gasteiger partial charge < -0.3 is 9.64 Å². The number of sulfonamides is 1. The van der Waals surface area contributed by atoms with E-state index in [4.69, 9.17) is 4.74 Å². The van der Waals surface area contributed by atoms with Gasteiger partial charge in [0, 0.05) is 19.3 Å². The first-order chi connectivity index (χ1) is 13.6. The molecule has 8 heteroatoms. The molecule has 0 aliphatic heterocycles. The molecule has 0 fully saturated rings. The third-order valence-electron chi connectivity index (χ3n) is 4.37. The number of amides is 1. The smallest absolute Gasteiger partial charge is 0.307 e. The summed E-state index contributed by atoms with van der Waals surface area (Å²) in [5.41, 5.74) is 2.96. The van der Waals surface area contributed by atoms with Crippen LogP contribution in [0.5, 0.6) is 0 Å². The summed E-state index contributed by atoms with van der Waals surface area (Å²) in [6.07, 6.45) is -0.175. The van der Waals surface area contributed by atoms with Crippen molar-refractivity contribution in [2.75, 3.05) is 25.1 Å². The zero-order chi connectivity index (χ0) is 21.6. The van der Waals surface area contributed by atoms with Crippen LogP contribution in [0.15, 0.2) is 47.4 Å². The number of benzene rings is 2. The van der Waals surface area contributed by atoms with E-state index in [-0.39, 0.29) is 23.8 Å². The Morgan fingerprint density at radius 1 is 1.03 bits per heavy atom. The lowest BCUT2D eigenvalue weighted by Gasteiger charge is -2.17. The summed E-state index contributed by atoms with van der Waals surface area (Å²) in [6, 6.07) is 12.6. The maximum Gasteiger partial charge on any atom is 0.307 e. The van der Waals surface area contributed by atoms with Gasteiger partial charge in [0.15, 0.2) is 6.61 Å². The minimum absolute atomic E-state index is 0.114. The fraction of sp³-hybridized carbons (Fsp3) is 0.333. The van der Waals surface area contributed by atoms with E-state index < -0.39 is 22.6 Å². The maximum atomic E-state index is 12.6. The highest BCUT2D eigenvalue weighted by Gasteiger charge is 2.20. The molecule has 0 unspecified atom stereocenters. The van der Waals surface area contributed by atoms with Crippen LogP contribution in [-0.2, 0) is 24.3 Å². The van der Waals surface area contributed by atoms with Gasteiger partial charge in [-0.25, -0.2) is 13.1 Å². The first-order valence-electron chi connectivity index (χ1n) is 9.16. The number of hydrogen-bond donors (Lipinski definition) is 1. The molecule has 0 aromatic heterocycles. The Morgan fingerprint density at radius 2 is 1.62 bits per heavy atom. The molecule has 29 heavy (non-hydrogen) atoms. The Bertz CT molecular complexity index is 964. The molecule has 0 radical (unpaired) electrons. The molecular weight excluding hydrogens is 392 g/mol. The second-order valence-corrected chi connectivity index (χ2v) is 8.53. The number of hydrogen-bond acceptors (Lipinski definition) is 5. The SMILES string of the molecule is Cc1cc(C)c(S(=O)(=O)NCCC(=O)OCC(=O)N(C)c2ccccc2)c(C)c1. The van der Waals surface area contributed by atoms with Crippen LogP contribution in [0.3, 0.4) is 0 Å². The molecule has 2 aromatic carbocycles. The van der Waals surface area contributed by atoms with Gasteiger partial charge in [-0.3, -0.25) is 9.59 Å². The van der Waals surface area contributed by atoms with Crippen LogP contribution in [0.4, 0.5) is 5.69 Å². The number of anilines is 1. The summed E-state index contributed by atoms with van der Waals surface area (Å²) in [5.74, 6) is -1.03. The predicted molar refractivity (Wildman–Crippen MR) is 111 cm³/mol. The Kier molecular flexibility index (Phi) is 7.53. The lowest BCUT2D eigenvalue weighted by Crippen LogP contribution is -2.32. The standard InChI is InChI=1S/C21H26N2O5S/c1-15-12-16(2)21(17(3)13-15)29(26,27)22-11-10-20(25)28-14-19(24)23(4)18-8-6-5-7-9-18/h5-9,12-13,22H,10-11,14H2,1-4H3. The molecular formula is C21H26N2O5S. The van der Waals surface area contributed by atoms with Crippen LogP contribution in [0.1, 0.15) is 23.1 Å². The monoisotopic (exact) mass is 418 g/mol. The molecule has 7 nitrogen and oxygen atoms in total. The molecule has 156 valence electrons. The van der Waals surface area contributed by atoms with Crippen LogP contribution < -0.4 is 9.62 Å². The lowest BCUT2D eigenvalue weighted by atomic mass is 10.1. The zero-order valence-corrected chi connectivity index (χ0v) is 17.9. The van der Waals surface area contributed by atoms with E-state index >= 15 is 0 Å². The van der Waals surface area contributed by atoms with Gasteiger partial charge in [-0.2, -0.15) is 0 Å². The molecule has 0 saturated carbocycles. The zero-order valence-electron chi connectivity index (χ0n) is 17.1. The average molecular weight is 419 g/mol. The molecule has 0 heterocycles. The fourth-order valence-electron chi connectivity index (χ4n) is 3.06. The molecule has 1 N–H and O–H groups in total. The van der Waals surface area contributed by atoms with E-state index in [2.05, 4.69) is 4.72 Å². The topological polar surface area (TPSA) is 92.8 Å². The van der Waals surface area contributed by atoms with Crippen LogP contribution in [0.2, 0.25) is 0 Å². The number of carbonyl (C=O) groups excluding carboxylic acids is 2. The van der Waals surface area contributed by atoms with Gasteiger partial charge in [0.1, 0.15) is 0 Å². The molecule has 0 spiro atoms. The number of likely N-dealkylation sites (N-methyl/N-ethyl adjacent to an activating group) is 1. The van der Waals surface area contributed by atoms with Crippen LogP contribution in [0, 0.1) is 20.8 Å². The van der Waals surface area contributed by atoms with Crippen molar-refractivity contribution >= 4 is 27.6 Å². The first kappa shape index (κ1) is 22.6. The third kappa shape index (κ3) is 6.13. The molecule has 0 aliphatic rings. The summed E-state index contributed by atoms with van der Waals surface area (Å²) in [5, 5.41) is 0. The number of nitrogens with one attached hydrogen (secondary N) is 1. The lowest BCUT2D eigenvalue weighted by molar-refractivity contribution is -0.147. The number of esters is 1. The van der Waals surface area contributed by atoms with Crippen molar-refractivity contribution in [2.45, 2.75) is 32.1 Å². The summed E-state index contributed by atoms with van der Waals surface area (Å²) in [7, 11) is -2.16. The highest BCUT2D eigenvalue weighted by atomic mass is 32.2. The van der Waals surface area contributed by atoms with Gasteiger partial charge in [0.05, 0.1) is 11.3 Å². The van der Waals surface area contributed by atoms with Crippen molar-refractivity contribution in [3.8, 4) is 0 Å². The minimum atomic E-state index is -3.75. The quantitative estimate of drug-likeness (QED) is 0.665. The maximum absolute atomic E-state index is 12.6. The predicted octanol–water partition coefficient (Wildman–Crippen LogP) is 2.49. The number of rotatable bonds is 8. The van der Waals surface area contributed by atoms with Crippen LogP contribution >= 0.6 is 0 Å². The van der Waals surface area contributed by atoms with Crippen LogP contribution in [0.25, 0.3) is 0 Å². The summed E-state index contributed by atoms with van der Waals surface area (Å²) in [4.78, 5) is 25.6. The highest BCUT2D eigenvalue weighted by molar-refractivity contribution is 7.89. The number of nitrogens with zero attached hydrogens (tertiary/aromatic N) is 1. The third-order valence-corrected chi connectivity index (χ3v) is 6.13. The Labute approximate surface area is 171 Å². The number of para-hydroxylation sites is 1. The average Bonchev–Trinajstić information content (AvgIpc) is 2.65. The van der Waals surface area contributed by atoms with Crippen molar-refractivity contribution in [2.24, 2.45) is 0 Å². The highest BCUT2D eigenvalue weighted by Crippen LogP contribution is 2.21. The van der Waals surface area contributed by atoms with Gasteiger partial charge in [0.25, 0.3) is 5.91 Å². The van der Waals surface area contributed by atoms with E-state index in [0.717, 1.165) is 5.56 Å². The summed E-state index contributed by atoms with van der Waals surface area (Å²) < 4.78 is 32.5. The molecule has 0 aliphatic carbocycles. The second-order valence-electron chi connectivity index (χ2n) is 6.82. The van der Waals surface area contributed by atoms with Crippen LogP contribution in [-0.4, -0.2) is 40.5 Å². The molecule has 2 aromatic rings. The van der Waals surface area contributed by atoms with Crippen molar-refractivity contribution in [3.05, 3.63) is 59.2 Å². The molecule has 0 bridgehead atoms. The molecule has 2 rings (SSSR count). The summed E-state index contributed by atoms with van der Waals surface area (Å²) in [6.45, 7) is 4.84. The Morgan fingerprint density at radius 3 is 2.21 bits per heavy atom. The van der Waals surface area contributed by atoms with Gasteiger partial charge in [-0.15, -0.1) is 0 Å². The van der Waals surface area contributed by atoms with Gasteiger partial charge in [-0.1, -0.05) is 35.9 Å². The van der Waals surface area contributed by atoms with E-state index in [0.29, 0.717) is 16.8 Å². The van der Waals surface area contributed by atoms with Crippen molar-refractivity contribution < 1.29 is 22.7 Å². The molecule has 0 atom stereocenters. The van der Waals surface area contributed by atoms with Gasteiger partial charge in [0.2, 0.25) is 10.0 Å². The van der Waals surface area contributed by atoms with Gasteiger partial charge >= 0.3 is 5.97 Å². The fourth-order valence-corrected chi connectivity index (χ4v) is 4.54. The number of ether oxygens (including phenoxy) is 1. The number of carbonyl (C=O) groups is 2. The normalized spacial score (nSPS) is 11.2. The second kappa shape index (κ2) is 9.67. The largest absolute Gasteiger partial charge is 0.456 e. The Balaban J connectivity index is 1.84. The first-order valence-corrected chi connectivity index (χ1v) is 10.6. The van der Waals surface area contributed by atoms with E-state index in [1.165, 1.54) is 4.90 Å². The number of aryl methyl sites for hydroxylation is 3.